The lowest BCUT2D eigenvalue weighted by Gasteiger charge is -2.41. The first-order valence-electron chi connectivity index (χ1n) is 8.53. The van der Waals surface area contributed by atoms with Gasteiger partial charge in [-0.1, -0.05) is 24.3 Å². The van der Waals surface area contributed by atoms with Crippen molar-refractivity contribution in [1.82, 2.24) is 4.90 Å². The van der Waals surface area contributed by atoms with E-state index in [1.807, 2.05) is 4.90 Å². The number of benzene rings is 2. The van der Waals surface area contributed by atoms with Crippen molar-refractivity contribution in [2.45, 2.75) is 24.8 Å². The number of hydrogen-bond donors (Lipinski definition) is 0. The summed E-state index contributed by atoms with van der Waals surface area (Å²) < 4.78 is 13.7. The molecular formula is C20H23FN2OS. The van der Waals surface area contributed by atoms with E-state index in [1.54, 1.807) is 18.2 Å². The number of amides is 1. The molecule has 5 heteroatoms. The second-order valence-electron chi connectivity index (χ2n) is 6.44. The lowest BCUT2D eigenvalue weighted by atomic mass is 10.1. The topological polar surface area (TPSA) is 23.6 Å². The summed E-state index contributed by atoms with van der Waals surface area (Å²) in [6, 6.07) is 15.3. The Morgan fingerprint density at radius 2 is 2.00 bits per heavy atom. The molecule has 1 atom stereocenters. The highest BCUT2D eigenvalue weighted by atomic mass is 32.2. The first-order chi connectivity index (χ1) is 12.0. The molecule has 0 bridgehead atoms. The van der Waals surface area contributed by atoms with Crippen molar-refractivity contribution in [3.05, 3.63) is 59.9 Å². The third kappa shape index (κ3) is 4.34. The van der Waals surface area contributed by atoms with Crippen LogP contribution in [0.2, 0.25) is 0 Å². The number of thioether (sulfide) groups is 1. The van der Waals surface area contributed by atoms with Gasteiger partial charge in [-0.25, -0.2) is 4.39 Å². The summed E-state index contributed by atoms with van der Waals surface area (Å²) in [5.74, 6) is 0.0832. The van der Waals surface area contributed by atoms with Crippen LogP contribution in [-0.2, 0) is 4.79 Å². The summed E-state index contributed by atoms with van der Waals surface area (Å²) in [4.78, 5) is 17.3. The molecule has 1 aliphatic heterocycles. The van der Waals surface area contributed by atoms with E-state index in [0.717, 1.165) is 6.54 Å². The highest BCUT2D eigenvalue weighted by Gasteiger charge is 2.26. The summed E-state index contributed by atoms with van der Waals surface area (Å²) in [5.41, 5.74) is 2.45. The molecule has 1 aliphatic rings. The van der Waals surface area contributed by atoms with E-state index in [2.05, 4.69) is 43.0 Å². The Labute approximate surface area is 152 Å². The first-order valence-corrected chi connectivity index (χ1v) is 9.51. The number of aryl methyl sites for hydroxylation is 1. The normalized spacial score (nSPS) is 17.6. The van der Waals surface area contributed by atoms with Gasteiger partial charge in [-0.05, 0) is 43.7 Å². The van der Waals surface area contributed by atoms with Crippen LogP contribution >= 0.6 is 11.8 Å². The van der Waals surface area contributed by atoms with Crippen molar-refractivity contribution in [2.75, 3.05) is 30.3 Å². The zero-order valence-electron chi connectivity index (χ0n) is 14.6. The van der Waals surface area contributed by atoms with Crippen LogP contribution in [0, 0.1) is 12.7 Å². The molecule has 0 unspecified atom stereocenters. The molecule has 3 rings (SSSR count). The summed E-state index contributed by atoms with van der Waals surface area (Å²) in [6.07, 6.45) is 0. The molecule has 25 heavy (non-hydrogen) atoms. The Morgan fingerprint density at radius 1 is 1.20 bits per heavy atom. The monoisotopic (exact) mass is 358 g/mol. The average Bonchev–Trinajstić information content (AvgIpc) is 2.60. The third-order valence-electron chi connectivity index (χ3n) is 4.50. The van der Waals surface area contributed by atoms with Crippen molar-refractivity contribution in [1.29, 1.82) is 0 Å². The van der Waals surface area contributed by atoms with Crippen molar-refractivity contribution < 1.29 is 9.18 Å². The van der Waals surface area contributed by atoms with Gasteiger partial charge in [0.25, 0.3) is 0 Å². The van der Waals surface area contributed by atoms with E-state index in [-0.39, 0.29) is 23.5 Å². The number of piperazine rings is 1. The van der Waals surface area contributed by atoms with Gasteiger partial charge in [0.2, 0.25) is 5.91 Å². The second kappa shape index (κ2) is 7.91. The van der Waals surface area contributed by atoms with E-state index in [0.29, 0.717) is 18.0 Å². The van der Waals surface area contributed by atoms with Gasteiger partial charge in [0.15, 0.2) is 0 Å². The SMILES string of the molecule is Cc1cccc(N2CCN(C(=O)CSc3ccccc3F)C[C@H]2C)c1. The molecule has 132 valence electrons. The predicted molar refractivity (Wildman–Crippen MR) is 102 cm³/mol. The Bertz CT molecular complexity index is 752. The summed E-state index contributed by atoms with van der Waals surface area (Å²) in [6.45, 7) is 6.46. The zero-order chi connectivity index (χ0) is 17.8. The van der Waals surface area contributed by atoms with E-state index < -0.39 is 0 Å². The molecule has 0 aliphatic carbocycles. The standard InChI is InChI=1S/C20H23FN2OS/c1-15-6-5-7-17(12-15)23-11-10-22(13-16(23)2)20(24)14-25-19-9-4-3-8-18(19)21/h3-9,12,16H,10-11,13-14H2,1-2H3/t16-/m1/s1. The molecular weight excluding hydrogens is 335 g/mol. The zero-order valence-corrected chi connectivity index (χ0v) is 15.4. The van der Waals surface area contributed by atoms with Crippen LogP contribution in [0.4, 0.5) is 10.1 Å². The highest BCUT2D eigenvalue weighted by Crippen LogP contribution is 2.24. The minimum Gasteiger partial charge on any atom is -0.365 e. The molecule has 2 aromatic carbocycles. The Kier molecular flexibility index (Phi) is 5.63. The highest BCUT2D eigenvalue weighted by molar-refractivity contribution is 8.00. The molecule has 1 saturated heterocycles. The van der Waals surface area contributed by atoms with E-state index in [4.69, 9.17) is 0 Å². The molecule has 0 saturated carbocycles. The molecule has 1 fully saturated rings. The van der Waals surface area contributed by atoms with Gasteiger partial charge in [-0.3, -0.25) is 4.79 Å². The van der Waals surface area contributed by atoms with Gasteiger partial charge in [0.1, 0.15) is 5.82 Å². The first kappa shape index (κ1) is 17.8. The van der Waals surface area contributed by atoms with Gasteiger partial charge in [0.05, 0.1) is 5.75 Å². The predicted octanol–water partition coefficient (Wildman–Crippen LogP) is 3.96. The summed E-state index contributed by atoms with van der Waals surface area (Å²) in [5, 5.41) is 0. The van der Waals surface area contributed by atoms with Gasteiger partial charge in [-0.15, -0.1) is 11.8 Å². The maximum atomic E-state index is 13.7. The van der Waals surface area contributed by atoms with Crippen molar-refractivity contribution in [2.24, 2.45) is 0 Å². The number of nitrogens with zero attached hydrogens (tertiary/aromatic N) is 2. The number of hydrogen-bond acceptors (Lipinski definition) is 3. The smallest absolute Gasteiger partial charge is 0.233 e. The molecule has 3 nitrogen and oxygen atoms in total. The van der Waals surface area contributed by atoms with Crippen LogP contribution in [0.3, 0.4) is 0 Å². The lowest BCUT2D eigenvalue weighted by Crippen LogP contribution is -2.54. The molecule has 1 heterocycles. The summed E-state index contributed by atoms with van der Waals surface area (Å²) in [7, 11) is 0. The minimum absolute atomic E-state index is 0.0731. The molecule has 0 N–H and O–H groups in total. The lowest BCUT2D eigenvalue weighted by molar-refractivity contribution is -0.129. The van der Waals surface area contributed by atoms with Crippen LogP contribution in [0.25, 0.3) is 0 Å². The van der Waals surface area contributed by atoms with Crippen LogP contribution in [0.1, 0.15) is 12.5 Å². The van der Waals surface area contributed by atoms with Crippen LogP contribution in [-0.4, -0.2) is 42.2 Å². The van der Waals surface area contributed by atoms with E-state index in [1.165, 1.54) is 29.1 Å². The van der Waals surface area contributed by atoms with E-state index >= 15 is 0 Å². The fraction of sp³-hybridized carbons (Fsp3) is 0.350. The van der Waals surface area contributed by atoms with Gasteiger partial charge in [0, 0.05) is 36.3 Å². The van der Waals surface area contributed by atoms with Crippen LogP contribution < -0.4 is 4.90 Å². The summed E-state index contributed by atoms with van der Waals surface area (Å²) >= 11 is 1.27. The van der Waals surface area contributed by atoms with Gasteiger partial charge >= 0.3 is 0 Å². The van der Waals surface area contributed by atoms with Crippen molar-refractivity contribution >= 4 is 23.4 Å². The van der Waals surface area contributed by atoms with Crippen molar-refractivity contribution in [3.63, 3.8) is 0 Å². The van der Waals surface area contributed by atoms with Crippen LogP contribution in [0.5, 0.6) is 0 Å². The second-order valence-corrected chi connectivity index (χ2v) is 7.46. The molecule has 2 aromatic rings. The largest absolute Gasteiger partial charge is 0.365 e. The average molecular weight is 358 g/mol. The fourth-order valence-corrected chi connectivity index (χ4v) is 4.01. The Hall–Kier alpha value is -2.01. The fourth-order valence-electron chi connectivity index (χ4n) is 3.17. The molecule has 1 amide bonds. The number of carbonyl (C=O) groups excluding carboxylic acids is 1. The maximum absolute atomic E-state index is 13.7. The van der Waals surface area contributed by atoms with Gasteiger partial charge in [-0.2, -0.15) is 0 Å². The van der Waals surface area contributed by atoms with E-state index in [9.17, 15) is 9.18 Å². The molecule has 0 spiro atoms. The molecule has 0 radical (unpaired) electrons. The minimum atomic E-state index is -0.266. The molecule has 0 aromatic heterocycles. The Balaban J connectivity index is 1.57. The Morgan fingerprint density at radius 3 is 2.72 bits per heavy atom. The number of carbonyl (C=O) groups is 1. The quantitative estimate of drug-likeness (QED) is 0.773. The number of anilines is 1. The van der Waals surface area contributed by atoms with Crippen LogP contribution in [0.15, 0.2) is 53.4 Å². The number of rotatable bonds is 4. The van der Waals surface area contributed by atoms with Gasteiger partial charge < -0.3 is 9.80 Å². The maximum Gasteiger partial charge on any atom is 0.233 e. The third-order valence-corrected chi connectivity index (χ3v) is 5.53. The number of halogens is 1. The van der Waals surface area contributed by atoms with Crippen molar-refractivity contribution in [3.8, 4) is 0 Å².